The molecule has 202 valence electrons. The normalized spacial score (nSPS) is 17.8. The van der Waals surface area contributed by atoms with Gasteiger partial charge in [-0.05, 0) is 62.6 Å². The highest BCUT2D eigenvalue weighted by molar-refractivity contribution is 7.21. The zero-order valence-corrected chi connectivity index (χ0v) is 22.3. The first-order valence-electron chi connectivity index (χ1n) is 12.7. The first-order valence-corrected chi connectivity index (χ1v) is 13.6. The Morgan fingerprint density at radius 1 is 1.07 bits per heavy atom. The number of amides is 4. The molecule has 6 rings (SSSR count). The Morgan fingerprint density at radius 3 is 2.52 bits per heavy atom. The van der Waals surface area contributed by atoms with Gasteiger partial charge in [-0.1, -0.05) is 6.58 Å². The van der Waals surface area contributed by atoms with Crippen LogP contribution in [-0.2, 0) is 4.79 Å². The van der Waals surface area contributed by atoms with Crippen LogP contribution in [-0.4, -0.2) is 44.9 Å². The molecule has 4 amide bonds. The molecule has 40 heavy (non-hydrogen) atoms. The molecular weight excluding hydrogens is 530 g/mol. The third-order valence-electron chi connectivity index (χ3n) is 6.87. The monoisotopic (exact) mass is 555 g/mol. The molecule has 0 saturated heterocycles. The first-order chi connectivity index (χ1) is 19.4. The van der Waals surface area contributed by atoms with Gasteiger partial charge in [0.05, 0.1) is 29.2 Å². The van der Waals surface area contributed by atoms with Crippen LogP contribution < -0.4 is 25.6 Å². The van der Waals surface area contributed by atoms with Crippen LogP contribution in [0.2, 0.25) is 0 Å². The average molecular weight is 556 g/mol. The number of nitrogens with zero attached hydrogens (tertiary/aromatic N) is 4. The number of urea groups is 1. The lowest BCUT2D eigenvalue weighted by atomic mass is 10.1. The third kappa shape index (κ3) is 4.73. The van der Waals surface area contributed by atoms with Gasteiger partial charge in [-0.25, -0.2) is 19.7 Å². The van der Waals surface area contributed by atoms with Gasteiger partial charge in [0.15, 0.2) is 0 Å². The number of nitrogens with one attached hydrogen (secondary N) is 3. The SMILES string of the molecule is C=CC(=O)N[C@H]1CCC[C@H]1NC(=O)c1sc2nccc3c2c1NC(=O)N3c1ccc(Oc2ccc(C)nc2)cn1. The van der Waals surface area contributed by atoms with Gasteiger partial charge in [-0.15, -0.1) is 11.3 Å². The van der Waals surface area contributed by atoms with E-state index >= 15 is 0 Å². The van der Waals surface area contributed by atoms with E-state index in [1.807, 2.05) is 19.1 Å². The minimum absolute atomic E-state index is 0.181. The van der Waals surface area contributed by atoms with E-state index in [9.17, 15) is 14.4 Å². The molecule has 5 heterocycles. The predicted octanol–water partition coefficient (Wildman–Crippen LogP) is 4.82. The highest BCUT2D eigenvalue weighted by atomic mass is 32.1. The van der Waals surface area contributed by atoms with Crippen molar-refractivity contribution in [2.24, 2.45) is 0 Å². The third-order valence-corrected chi connectivity index (χ3v) is 7.96. The minimum Gasteiger partial charge on any atom is -0.454 e. The maximum absolute atomic E-state index is 13.4. The molecule has 0 aromatic carbocycles. The van der Waals surface area contributed by atoms with E-state index in [1.54, 1.807) is 30.6 Å². The molecule has 1 aliphatic heterocycles. The number of thiophene rings is 1. The number of carbonyl (C=O) groups is 3. The highest BCUT2D eigenvalue weighted by Crippen LogP contribution is 2.45. The summed E-state index contributed by atoms with van der Waals surface area (Å²) in [6, 6.07) is 7.94. The van der Waals surface area contributed by atoms with Crippen molar-refractivity contribution >= 4 is 56.6 Å². The Kier molecular flexibility index (Phi) is 6.60. The van der Waals surface area contributed by atoms with Crippen LogP contribution in [0.3, 0.4) is 0 Å². The molecule has 2 atom stereocenters. The summed E-state index contributed by atoms with van der Waals surface area (Å²) in [5.74, 6) is 0.857. The number of pyridine rings is 3. The second kappa shape index (κ2) is 10.4. The number of anilines is 3. The Balaban J connectivity index is 1.26. The summed E-state index contributed by atoms with van der Waals surface area (Å²) in [5.41, 5.74) is 1.87. The summed E-state index contributed by atoms with van der Waals surface area (Å²) in [6.45, 7) is 5.39. The fourth-order valence-corrected chi connectivity index (χ4v) is 5.99. The van der Waals surface area contributed by atoms with Crippen molar-refractivity contribution < 1.29 is 19.1 Å². The lowest BCUT2D eigenvalue weighted by molar-refractivity contribution is -0.117. The molecule has 0 bridgehead atoms. The molecule has 1 saturated carbocycles. The van der Waals surface area contributed by atoms with Crippen molar-refractivity contribution in [1.82, 2.24) is 25.6 Å². The quantitative estimate of drug-likeness (QED) is 0.278. The molecule has 1 fully saturated rings. The fraction of sp³-hybridized carbons (Fsp3) is 0.214. The van der Waals surface area contributed by atoms with Crippen molar-refractivity contribution in [3.8, 4) is 11.5 Å². The Labute approximate surface area is 233 Å². The number of carbonyl (C=O) groups excluding carboxylic acids is 3. The maximum atomic E-state index is 13.4. The fourth-order valence-electron chi connectivity index (χ4n) is 4.97. The zero-order valence-electron chi connectivity index (χ0n) is 21.5. The number of ether oxygens (including phenoxy) is 1. The Hall–Kier alpha value is -4.84. The number of rotatable bonds is 7. The molecular formula is C28H25N7O4S. The molecule has 0 radical (unpaired) electrons. The summed E-state index contributed by atoms with van der Waals surface area (Å²) >= 11 is 1.20. The summed E-state index contributed by atoms with van der Waals surface area (Å²) in [4.78, 5) is 54.1. The summed E-state index contributed by atoms with van der Waals surface area (Å²) in [5, 5.41) is 9.46. The maximum Gasteiger partial charge on any atom is 0.332 e. The topological polar surface area (TPSA) is 138 Å². The van der Waals surface area contributed by atoms with E-state index < -0.39 is 6.03 Å². The molecule has 0 unspecified atom stereocenters. The van der Waals surface area contributed by atoms with Gasteiger partial charge < -0.3 is 20.7 Å². The number of hydrogen-bond donors (Lipinski definition) is 3. The summed E-state index contributed by atoms with van der Waals surface area (Å²) in [7, 11) is 0. The smallest absolute Gasteiger partial charge is 0.332 e. The number of aromatic nitrogens is 3. The van der Waals surface area contributed by atoms with Crippen LogP contribution in [0, 0.1) is 6.92 Å². The predicted molar refractivity (Wildman–Crippen MR) is 151 cm³/mol. The van der Waals surface area contributed by atoms with E-state index in [0.717, 1.165) is 25.0 Å². The largest absolute Gasteiger partial charge is 0.454 e. The van der Waals surface area contributed by atoms with Gasteiger partial charge >= 0.3 is 6.03 Å². The molecule has 4 aromatic heterocycles. The van der Waals surface area contributed by atoms with Gasteiger partial charge in [0, 0.05) is 24.0 Å². The lowest BCUT2D eigenvalue weighted by Gasteiger charge is -2.27. The Morgan fingerprint density at radius 2 is 1.82 bits per heavy atom. The van der Waals surface area contributed by atoms with Crippen LogP contribution in [0.4, 0.5) is 22.0 Å². The molecule has 1 aliphatic carbocycles. The van der Waals surface area contributed by atoms with Crippen molar-refractivity contribution in [3.05, 3.63) is 72.1 Å². The van der Waals surface area contributed by atoms with Crippen LogP contribution >= 0.6 is 11.3 Å². The molecule has 3 N–H and O–H groups in total. The summed E-state index contributed by atoms with van der Waals surface area (Å²) in [6.07, 6.45) is 8.37. The van der Waals surface area contributed by atoms with Crippen LogP contribution in [0.1, 0.15) is 34.6 Å². The van der Waals surface area contributed by atoms with Gasteiger partial charge in [0.1, 0.15) is 27.0 Å². The molecule has 4 aromatic rings. The van der Waals surface area contributed by atoms with E-state index in [2.05, 4.69) is 37.5 Å². The van der Waals surface area contributed by atoms with E-state index in [-0.39, 0.29) is 23.9 Å². The molecule has 2 aliphatic rings. The minimum atomic E-state index is -0.451. The molecule has 12 heteroatoms. The Bertz CT molecular complexity index is 1640. The van der Waals surface area contributed by atoms with Gasteiger partial charge in [-0.3, -0.25) is 14.6 Å². The van der Waals surface area contributed by atoms with Crippen LogP contribution in [0.15, 0.2) is 61.6 Å². The zero-order chi connectivity index (χ0) is 27.8. The highest BCUT2D eigenvalue weighted by Gasteiger charge is 2.35. The molecule has 11 nitrogen and oxygen atoms in total. The van der Waals surface area contributed by atoms with Crippen LogP contribution in [0.25, 0.3) is 10.2 Å². The van der Waals surface area contributed by atoms with E-state index in [0.29, 0.717) is 43.8 Å². The summed E-state index contributed by atoms with van der Waals surface area (Å²) < 4.78 is 5.81. The number of hydrogen-bond acceptors (Lipinski definition) is 8. The lowest BCUT2D eigenvalue weighted by Crippen LogP contribution is -2.48. The van der Waals surface area contributed by atoms with E-state index in [1.165, 1.54) is 28.5 Å². The molecule has 0 spiro atoms. The second-order valence-corrected chi connectivity index (χ2v) is 10.5. The van der Waals surface area contributed by atoms with Crippen molar-refractivity contribution in [2.45, 2.75) is 38.3 Å². The van der Waals surface area contributed by atoms with E-state index in [4.69, 9.17) is 4.74 Å². The second-order valence-electron chi connectivity index (χ2n) is 9.50. The van der Waals surface area contributed by atoms with Crippen molar-refractivity contribution in [1.29, 1.82) is 0 Å². The van der Waals surface area contributed by atoms with Crippen molar-refractivity contribution in [2.75, 3.05) is 10.2 Å². The van der Waals surface area contributed by atoms with Gasteiger partial charge in [0.2, 0.25) is 5.91 Å². The number of aryl methyl sites for hydroxylation is 1. The van der Waals surface area contributed by atoms with Gasteiger partial charge in [0.25, 0.3) is 5.91 Å². The van der Waals surface area contributed by atoms with Crippen molar-refractivity contribution in [3.63, 3.8) is 0 Å². The average Bonchev–Trinajstić information content (AvgIpc) is 3.55. The van der Waals surface area contributed by atoms with Crippen LogP contribution in [0.5, 0.6) is 11.5 Å². The standard InChI is InChI=1S/C28H25N7O4S/c1-3-22(36)32-18-5-4-6-19(18)33-26(37)25-24-23-20(11-12-29-27(23)40-25)35(28(38)34-24)21-10-9-17(14-31-21)39-16-8-7-15(2)30-13-16/h3,7-14,18-19H,1,4-6H2,2H3,(H,32,36)(H,33,37)(H,34,38)/t18-,19+/m0/s1. The first kappa shape index (κ1) is 25.4. The van der Waals surface area contributed by atoms with Gasteiger partial charge in [-0.2, -0.15) is 0 Å².